The van der Waals surface area contributed by atoms with Crippen LogP contribution in [0.15, 0.2) is 45.2 Å². The molecule has 110 valence electrons. The van der Waals surface area contributed by atoms with E-state index >= 15 is 0 Å². The standard InChI is InChI=1S/C17H18ClNO2/c1-3-12-16(11-7-5-6-8-13(11)20-12)17(19-4-2)14-9-10-15(18)21-14/h5-10,17,19H,3-4H2,1-2H3. The maximum atomic E-state index is 5.99. The van der Waals surface area contributed by atoms with Gasteiger partial charge in [-0.1, -0.05) is 32.0 Å². The molecule has 0 fully saturated rings. The van der Waals surface area contributed by atoms with Crippen molar-refractivity contribution < 1.29 is 8.83 Å². The molecule has 3 aromatic rings. The molecule has 2 heterocycles. The fourth-order valence-electron chi connectivity index (χ4n) is 2.73. The van der Waals surface area contributed by atoms with Gasteiger partial charge in [-0.15, -0.1) is 0 Å². The summed E-state index contributed by atoms with van der Waals surface area (Å²) in [5.74, 6) is 1.79. The summed E-state index contributed by atoms with van der Waals surface area (Å²) in [6, 6.07) is 11.7. The average molecular weight is 304 g/mol. The highest BCUT2D eigenvalue weighted by molar-refractivity contribution is 6.28. The van der Waals surface area contributed by atoms with Crippen molar-refractivity contribution in [1.29, 1.82) is 0 Å². The first-order valence-corrected chi connectivity index (χ1v) is 7.61. The molecular weight excluding hydrogens is 286 g/mol. The first kappa shape index (κ1) is 14.2. The second-order valence-corrected chi connectivity index (χ2v) is 5.29. The van der Waals surface area contributed by atoms with Crippen LogP contribution in [-0.2, 0) is 6.42 Å². The largest absolute Gasteiger partial charge is 0.461 e. The van der Waals surface area contributed by atoms with E-state index in [9.17, 15) is 0 Å². The van der Waals surface area contributed by atoms with Crippen LogP contribution in [0.2, 0.25) is 5.22 Å². The molecule has 3 rings (SSSR count). The first-order valence-electron chi connectivity index (χ1n) is 7.23. The average Bonchev–Trinajstić information content (AvgIpc) is 3.08. The topological polar surface area (TPSA) is 38.3 Å². The van der Waals surface area contributed by atoms with E-state index in [0.29, 0.717) is 5.22 Å². The van der Waals surface area contributed by atoms with Crippen molar-refractivity contribution in [3.63, 3.8) is 0 Å². The third-order valence-corrected chi connectivity index (χ3v) is 3.81. The van der Waals surface area contributed by atoms with Crippen molar-refractivity contribution >= 4 is 22.6 Å². The molecule has 1 atom stereocenters. The molecule has 0 saturated heterocycles. The summed E-state index contributed by atoms with van der Waals surface area (Å²) in [6.07, 6.45) is 0.834. The molecule has 21 heavy (non-hydrogen) atoms. The molecule has 0 aliphatic carbocycles. The van der Waals surface area contributed by atoms with Crippen molar-refractivity contribution in [2.75, 3.05) is 6.54 Å². The van der Waals surface area contributed by atoms with Crippen LogP contribution < -0.4 is 5.32 Å². The van der Waals surface area contributed by atoms with Crippen molar-refractivity contribution in [2.45, 2.75) is 26.3 Å². The Hall–Kier alpha value is -1.71. The number of hydrogen-bond donors (Lipinski definition) is 1. The Balaban J connectivity index is 2.18. The normalized spacial score (nSPS) is 12.9. The lowest BCUT2D eigenvalue weighted by atomic mass is 9.99. The number of hydrogen-bond acceptors (Lipinski definition) is 3. The number of nitrogens with one attached hydrogen (secondary N) is 1. The molecule has 0 aliphatic rings. The lowest BCUT2D eigenvalue weighted by molar-refractivity contribution is 0.446. The maximum absolute atomic E-state index is 5.99. The van der Waals surface area contributed by atoms with E-state index in [1.54, 1.807) is 6.07 Å². The van der Waals surface area contributed by atoms with E-state index in [2.05, 4.69) is 25.2 Å². The van der Waals surface area contributed by atoms with E-state index in [4.69, 9.17) is 20.4 Å². The van der Waals surface area contributed by atoms with Crippen LogP contribution in [0.5, 0.6) is 0 Å². The van der Waals surface area contributed by atoms with Gasteiger partial charge in [-0.2, -0.15) is 0 Å². The molecule has 0 amide bonds. The van der Waals surface area contributed by atoms with E-state index in [0.717, 1.165) is 41.0 Å². The Morgan fingerprint density at radius 1 is 1.10 bits per heavy atom. The van der Waals surface area contributed by atoms with Crippen molar-refractivity contribution in [2.24, 2.45) is 0 Å². The summed E-state index contributed by atoms with van der Waals surface area (Å²) in [5, 5.41) is 4.99. The van der Waals surface area contributed by atoms with Gasteiger partial charge in [0.25, 0.3) is 0 Å². The van der Waals surface area contributed by atoms with Crippen LogP contribution >= 0.6 is 11.6 Å². The second-order valence-electron chi connectivity index (χ2n) is 4.92. The van der Waals surface area contributed by atoms with Crippen LogP contribution in [0.3, 0.4) is 0 Å². The lowest BCUT2D eigenvalue weighted by Gasteiger charge is -2.16. The highest BCUT2D eigenvalue weighted by Gasteiger charge is 2.25. The second kappa shape index (κ2) is 5.96. The molecule has 1 aromatic carbocycles. The smallest absolute Gasteiger partial charge is 0.193 e. The van der Waals surface area contributed by atoms with Crippen molar-refractivity contribution in [3.05, 3.63) is 58.7 Å². The van der Waals surface area contributed by atoms with Crippen molar-refractivity contribution in [3.8, 4) is 0 Å². The Morgan fingerprint density at radius 3 is 2.57 bits per heavy atom. The zero-order valence-corrected chi connectivity index (χ0v) is 12.9. The SMILES string of the molecule is CCNC(c1ccc(Cl)o1)c1c(CC)oc2ccccc12. The third kappa shape index (κ3) is 2.59. The molecule has 0 spiro atoms. The zero-order valence-electron chi connectivity index (χ0n) is 12.2. The number of rotatable bonds is 5. The molecule has 0 saturated carbocycles. The fourth-order valence-corrected chi connectivity index (χ4v) is 2.88. The summed E-state index contributed by atoms with van der Waals surface area (Å²) in [6.45, 7) is 5.00. The quantitative estimate of drug-likeness (QED) is 0.725. The summed E-state index contributed by atoms with van der Waals surface area (Å²) >= 11 is 5.94. The van der Waals surface area contributed by atoms with Crippen LogP contribution in [0.1, 0.15) is 37.0 Å². The molecule has 4 heteroatoms. The monoisotopic (exact) mass is 303 g/mol. The molecule has 1 unspecified atom stereocenters. The first-order chi connectivity index (χ1) is 10.2. The van der Waals surface area contributed by atoms with Gasteiger partial charge < -0.3 is 14.2 Å². The predicted octanol–water partition coefficient (Wildman–Crippen LogP) is 4.94. The van der Waals surface area contributed by atoms with Gasteiger partial charge >= 0.3 is 0 Å². The molecule has 0 aliphatic heterocycles. The molecule has 0 bridgehead atoms. The van der Waals surface area contributed by atoms with E-state index in [-0.39, 0.29) is 6.04 Å². The number of furan rings is 2. The highest BCUT2D eigenvalue weighted by Crippen LogP contribution is 2.35. The van der Waals surface area contributed by atoms with Gasteiger partial charge in [0.2, 0.25) is 0 Å². The fraction of sp³-hybridized carbons (Fsp3) is 0.294. The van der Waals surface area contributed by atoms with Gasteiger partial charge in [0.15, 0.2) is 5.22 Å². The maximum Gasteiger partial charge on any atom is 0.193 e. The number of para-hydroxylation sites is 1. The number of aryl methyl sites for hydroxylation is 1. The van der Waals surface area contributed by atoms with Gasteiger partial charge in [0, 0.05) is 17.4 Å². The molecule has 1 N–H and O–H groups in total. The van der Waals surface area contributed by atoms with Crippen LogP contribution in [0.25, 0.3) is 11.0 Å². The van der Waals surface area contributed by atoms with E-state index in [1.165, 1.54) is 0 Å². The summed E-state index contributed by atoms with van der Waals surface area (Å²) in [5.41, 5.74) is 2.05. The number of fused-ring (bicyclic) bond motifs is 1. The Bertz CT molecular complexity index is 744. The summed E-state index contributed by atoms with van der Waals surface area (Å²) < 4.78 is 11.6. The van der Waals surface area contributed by atoms with Crippen LogP contribution in [0.4, 0.5) is 0 Å². The van der Waals surface area contributed by atoms with Gasteiger partial charge in [-0.05, 0) is 36.3 Å². The predicted molar refractivity (Wildman–Crippen MR) is 84.8 cm³/mol. The lowest BCUT2D eigenvalue weighted by Crippen LogP contribution is -2.22. The molecule has 2 aromatic heterocycles. The highest BCUT2D eigenvalue weighted by atomic mass is 35.5. The molecule has 3 nitrogen and oxygen atoms in total. The minimum Gasteiger partial charge on any atom is -0.461 e. The minimum absolute atomic E-state index is 0.0545. The van der Waals surface area contributed by atoms with Crippen molar-refractivity contribution in [1.82, 2.24) is 5.32 Å². The Morgan fingerprint density at radius 2 is 1.90 bits per heavy atom. The van der Waals surface area contributed by atoms with Gasteiger partial charge in [0.1, 0.15) is 17.1 Å². The molecular formula is C17H18ClNO2. The van der Waals surface area contributed by atoms with Gasteiger partial charge in [-0.25, -0.2) is 0 Å². The molecule has 0 radical (unpaired) electrons. The zero-order chi connectivity index (χ0) is 14.8. The van der Waals surface area contributed by atoms with Gasteiger partial charge in [0.05, 0.1) is 6.04 Å². The summed E-state index contributed by atoms with van der Waals surface area (Å²) in [4.78, 5) is 0. The third-order valence-electron chi connectivity index (χ3n) is 3.61. The van der Waals surface area contributed by atoms with Crippen LogP contribution in [0, 0.1) is 0 Å². The number of benzene rings is 1. The number of halogens is 1. The van der Waals surface area contributed by atoms with E-state index < -0.39 is 0 Å². The van der Waals surface area contributed by atoms with E-state index in [1.807, 2.05) is 24.3 Å². The Labute approximate surface area is 128 Å². The minimum atomic E-state index is -0.0545. The Kier molecular flexibility index (Phi) is 4.04. The van der Waals surface area contributed by atoms with Crippen LogP contribution in [-0.4, -0.2) is 6.54 Å². The van der Waals surface area contributed by atoms with Gasteiger partial charge in [-0.3, -0.25) is 0 Å². The summed E-state index contributed by atoms with van der Waals surface area (Å²) in [7, 11) is 0.